The van der Waals surface area contributed by atoms with Gasteiger partial charge < -0.3 is 9.64 Å². The molecule has 4 rings (SSSR count). The van der Waals surface area contributed by atoms with Gasteiger partial charge in [-0.05, 0) is 36.1 Å². The molecule has 1 fully saturated rings. The largest absolute Gasteiger partial charge is 0.495 e. The molecule has 1 aliphatic heterocycles. The van der Waals surface area contributed by atoms with Gasteiger partial charge in [-0.2, -0.15) is 0 Å². The molecule has 2 aliphatic rings. The molecule has 0 N–H and O–H groups in total. The van der Waals surface area contributed by atoms with E-state index < -0.39 is 0 Å². The molecule has 3 nitrogen and oxygen atoms in total. The van der Waals surface area contributed by atoms with E-state index in [9.17, 15) is 0 Å². The summed E-state index contributed by atoms with van der Waals surface area (Å²) in [5, 5.41) is 0. The van der Waals surface area contributed by atoms with Crippen molar-refractivity contribution in [3.05, 3.63) is 59.7 Å². The summed E-state index contributed by atoms with van der Waals surface area (Å²) in [5.41, 5.74) is 4.32. The number of nitrogens with zero attached hydrogens (tertiary/aromatic N) is 2. The van der Waals surface area contributed by atoms with Crippen molar-refractivity contribution in [2.75, 3.05) is 38.2 Å². The Labute approximate surface area is 138 Å². The van der Waals surface area contributed by atoms with Gasteiger partial charge >= 0.3 is 0 Å². The van der Waals surface area contributed by atoms with Crippen molar-refractivity contribution in [1.29, 1.82) is 0 Å². The Balaban J connectivity index is 1.40. The topological polar surface area (TPSA) is 15.7 Å². The Morgan fingerprint density at radius 2 is 1.43 bits per heavy atom. The zero-order valence-corrected chi connectivity index (χ0v) is 13.7. The van der Waals surface area contributed by atoms with Gasteiger partial charge in [0.05, 0.1) is 12.8 Å². The molecule has 2 aromatic rings. The number of anilines is 1. The van der Waals surface area contributed by atoms with Crippen LogP contribution in [0.15, 0.2) is 48.5 Å². The summed E-state index contributed by atoms with van der Waals surface area (Å²) in [6.45, 7) is 4.42. The van der Waals surface area contributed by atoms with Gasteiger partial charge in [-0.15, -0.1) is 0 Å². The summed E-state index contributed by atoms with van der Waals surface area (Å²) >= 11 is 0. The van der Waals surface area contributed by atoms with Gasteiger partial charge in [0.2, 0.25) is 0 Å². The molecule has 23 heavy (non-hydrogen) atoms. The molecule has 3 heteroatoms. The standard InChI is InChI=1S/C20H24N2O/c1-23-20-9-5-4-8-19(20)22-12-10-21(11-13-22)18-14-16-6-2-3-7-17(16)15-18/h2-9,18H,10-15H2,1H3. The maximum atomic E-state index is 5.51. The monoisotopic (exact) mass is 308 g/mol. The van der Waals surface area contributed by atoms with E-state index in [1.54, 1.807) is 18.2 Å². The molecule has 1 heterocycles. The van der Waals surface area contributed by atoms with Crippen LogP contribution in [0.3, 0.4) is 0 Å². The number of fused-ring (bicyclic) bond motifs is 1. The summed E-state index contributed by atoms with van der Waals surface area (Å²) in [6, 6.07) is 18.0. The maximum absolute atomic E-state index is 5.51. The van der Waals surface area contributed by atoms with Gasteiger partial charge in [-0.3, -0.25) is 4.90 Å². The Bertz CT molecular complexity index is 652. The molecule has 0 bridgehead atoms. The number of benzene rings is 2. The molecular formula is C20H24N2O. The van der Waals surface area contributed by atoms with E-state index in [1.165, 1.54) is 18.5 Å². The molecule has 2 aromatic carbocycles. The number of rotatable bonds is 3. The number of methoxy groups -OCH3 is 1. The number of hydrogen-bond donors (Lipinski definition) is 0. The van der Waals surface area contributed by atoms with Crippen molar-refractivity contribution in [2.45, 2.75) is 18.9 Å². The number of para-hydroxylation sites is 2. The zero-order valence-electron chi connectivity index (χ0n) is 13.7. The molecular weight excluding hydrogens is 284 g/mol. The summed E-state index contributed by atoms with van der Waals surface area (Å²) < 4.78 is 5.51. The van der Waals surface area contributed by atoms with E-state index in [2.05, 4.69) is 52.3 Å². The van der Waals surface area contributed by atoms with Crippen molar-refractivity contribution in [3.63, 3.8) is 0 Å². The fourth-order valence-electron chi connectivity index (χ4n) is 4.01. The lowest BCUT2D eigenvalue weighted by Crippen LogP contribution is -2.50. The Morgan fingerprint density at radius 3 is 2.09 bits per heavy atom. The first-order chi connectivity index (χ1) is 11.3. The van der Waals surface area contributed by atoms with Crippen molar-refractivity contribution in [2.24, 2.45) is 0 Å². The molecule has 1 saturated heterocycles. The van der Waals surface area contributed by atoms with Gasteiger partial charge in [-0.25, -0.2) is 0 Å². The van der Waals surface area contributed by atoms with Crippen molar-refractivity contribution in [3.8, 4) is 5.75 Å². The predicted octanol–water partition coefficient (Wildman–Crippen LogP) is 2.98. The molecule has 0 amide bonds. The second kappa shape index (κ2) is 6.25. The van der Waals surface area contributed by atoms with Crippen LogP contribution in [-0.2, 0) is 12.8 Å². The first-order valence-corrected chi connectivity index (χ1v) is 8.54. The summed E-state index contributed by atoms with van der Waals surface area (Å²) in [6.07, 6.45) is 2.43. The van der Waals surface area contributed by atoms with E-state index in [4.69, 9.17) is 4.74 Å². The van der Waals surface area contributed by atoms with E-state index in [0.29, 0.717) is 6.04 Å². The number of hydrogen-bond acceptors (Lipinski definition) is 3. The lowest BCUT2D eigenvalue weighted by Gasteiger charge is -2.39. The van der Waals surface area contributed by atoms with Crippen molar-refractivity contribution in [1.82, 2.24) is 4.90 Å². The van der Waals surface area contributed by atoms with Gasteiger partial charge in [0.15, 0.2) is 0 Å². The minimum Gasteiger partial charge on any atom is -0.495 e. The van der Waals surface area contributed by atoms with Gasteiger partial charge in [0.25, 0.3) is 0 Å². The molecule has 0 atom stereocenters. The highest BCUT2D eigenvalue weighted by Gasteiger charge is 2.29. The van der Waals surface area contributed by atoms with E-state index >= 15 is 0 Å². The molecule has 0 radical (unpaired) electrons. The highest BCUT2D eigenvalue weighted by molar-refractivity contribution is 5.58. The quantitative estimate of drug-likeness (QED) is 0.867. The van der Waals surface area contributed by atoms with Crippen molar-refractivity contribution >= 4 is 5.69 Å². The smallest absolute Gasteiger partial charge is 0.142 e. The summed E-state index contributed by atoms with van der Waals surface area (Å²) in [4.78, 5) is 5.13. The van der Waals surface area contributed by atoms with Crippen LogP contribution in [0.2, 0.25) is 0 Å². The third-order valence-electron chi connectivity index (χ3n) is 5.29. The second-order valence-corrected chi connectivity index (χ2v) is 6.53. The van der Waals surface area contributed by atoms with Gasteiger partial charge in [0, 0.05) is 32.2 Å². The predicted molar refractivity (Wildman–Crippen MR) is 94.4 cm³/mol. The van der Waals surface area contributed by atoms with Gasteiger partial charge in [-0.1, -0.05) is 36.4 Å². The first kappa shape index (κ1) is 14.6. The molecule has 0 unspecified atom stereocenters. The molecule has 120 valence electrons. The average Bonchev–Trinajstić information content (AvgIpc) is 3.06. The normalized spacial score (nSPS) is 18.9. The van der Waals surface area contributed by atoms with Crippen LogP contribution in [0.25, 0.3) is 0 Å². The maximum Gasteiger partial charge on any atom is 0.142 e. The van der Waals surface area contributed by atoms with Crippen LogP contribution < -0.4 is 9.64 Å². The Kier molecular flexibility index (Phi) is 3.96. The molecule has 1 aliphatic carbocycles. The molecule has 0 aromatic heterocycles. The summed E-state index contributed by atoms with van der Waals surface area (Å²) in [7, 11) is 1.75. The highest BCUT2D eigenvalue weighted by Crippen LogP contribution is 2.30. The highest BCUT2D eigenvalue weighted by atomic mass is 16.5. The van der Waals surface area contributed by atoms with E-state index in [1.807, 2.05) is 6.07 Å². The van der Waals surface area contributed by atoms with Gasteiger partial charge in [0.1, 0.15) is 5.75 Å². The SMILES string of the molecule is COc1ccccc1N1CCN(C2Cc3ccccc3C2)CC1. The van der Waals surface area contributed by atoms with Crippen LogP contribution in [0.4, 0.5) is 5.69 Å². The Morgan fingerprint density at radius 1 is 0.826 bits per heavy atom. The minimum absolute atomic E-state index is 0.687. The minimum atomic E-state index is 0.687. The third kappa shape index (κ3) is 2.81. The fraction of sp³-hybridized carbons (Fsp3) is 0.400. The lowest BCUT2D eigenvalue weighted by atomic mass is 10.1. The molecule has 0 saturated carbocycles. The van der Waals surface area contributed by atoms with Crippen LogP contribution in [0, 0.1) is 0 Å². The lowest BCUT2D eigenvalue weighted by molar-refractivity contribution is 0.190. The van der Waals surface area contributed by atoms with E-state index in [-0.39, 0.29) is 0 Å². The summed E-state index contributed by atoms with van der Waals surface area (Å²) in [5.74, 6) is 0.981. The third-order valence-corrected chi connectivity index (χ3v) is 5.29. The van der Waals surface area contributed by atoms with Crippen LogP contribution in [0.1, 0.15) is 11.1 Å². The Hall–Kier alpha value is -2.00. The van der Waals surface area contributed by atoms with Crippen molar-refractivity contribution < 1.29 is 4.74 Å². The second-order valence-electron chi connectivity index (χ2n) is 6.53. The van der Waals surface area contributed by atoms with E-state index in [0.717, 1.165) is 31.9 Å². The molecule has 0 spiro atoms. The number of ether oxygens (including phenoxy) is 1. The first-order valence-electron chi connectivity index (χ1n) is 8.54. The van der Waals surface area contributed by atoms with Crippen LogP contribution in [-0.4, -0.2) is 44.2 Å². The van der Waals surface area contributed by atoms with Crippen LogP contribution in [0.5, 0.6) is 5.75 Å². The fourth-order valence-corrected chi connectivity index (χ4v) is 4.01. The van der Waals surface area contributed by atoms with Crippen LogP contribution >= 0.6 is 0 Å². The number of piperazine rings is 1. The average molecular weight is 308 g/mol. The zero-order chi connectivity index (χ0) is 15.6.